The number of aromatic nitrogens is 4. The minimum atomic E-state index is -2.15. The molecule has 138 valence electrons. The first-order valence-corrected chi connectivity index (χ1v) is 9.40. The van der Waals surface area contributed by atoms with Crippen LogP contribution in [0.3, 0.4) is 0 Å². The second-order valence-electron chi connectivity index (χ2n) is 5.77. The van der Waals surface area contributed by atoms with Gasteiger partial charge in [-0.2, -0.15) is 5.10 Å². The van der Waals surface area contributed by atoms with Gasteiger partial charge in [-0.15, -0.1) is 0 Å². The van der Waals surface area contributed by atoms with Crippen molar-refractivity contribution < 1.29 is 13.5 Å². The Labute approximate surface area is 152 Å². The van der Waals surface area contributed by atoms with Crippen molar-refractivity contribution in [3.63, 3.8) is 0 Å². The van der Waals surface area contributed by atoms with E-state index in [9.17, 15) is 13.6 Å². The van der Waals surface area contributed by atoms with Crippen molar-refractivity contribution in [1.29, 1.82) is 0 Å². The summed E-state index contributed by atoms with van der Waals surface area (Å²) in [5.74, 6) is 0.758. The SMILES string of the molecule is CCCc1nn(C)c2c(=O)[nH]c(-c3cc(S(=O)O)ccc3OCC)nc12. The fourth-order valence-electron chi connectivity index (χ4n) is 2.86. The molecule has 0 fully saturated rings. The molecule has 0 aliphatic rings. The fraction of sp³-hybridized carbons (Fsp3) is 0.353. The Morgan fingerprint density at radius 2 is 2.12 bits per heavy atom. The molecule has 0 bridgehead atoms. The Balaban J connectivity index is 2.28. The number of H-pyrrole nitrogens is 1. The number of benzene rings is 1. The van der Waals surface area contributed by atoms with Crippen LogP contribution >= 0.6 is 0 Å². The van der Waals surface area contributed by atoms with E-state index in [0.717, 1.165) is 12.1 Å². The zero-order valence-electron chi connectivity index (χ0n) is 14.8. The van der Waals surface area contributed by atoms with E-state index in [0.29, 0.717) is 35.4 Å². The van der Waals surface area contributed by atoms with Gasteiger partial charge in [0.05, 0.1) is 22.8 Å². The molecule has 0 aliphatic carbocycles. The number of nitrogens with zero attached hydrogens (tertiary/aromatic N) is 3. The quantitative estimate of drug-likeness (QED) is 0.639. The van der Waals surface area contributed by atoms with Crippen LogP contribution in [0.4, 0.5) is 0 Å². The van der Waals surface area contributed by atoms with E-state index in [-0.39, 0.29) is 16.3 Å². The van der Waals surface area contributed by atoms with Gasteiger partial charge < -0.3 is 14.3 Å². The van der Waals surface area contributed by atoms with Crippen LogP contribution in [0.25, 0.3) is 22.4 Å². The molecule has 8 nitrogen and oxygen atoms in total. The van der Waals surface area contributed by atoms with Crippen LogP contribution < -0.4 is 10.3 Å². The molecule has 3 aromatic rings. The van der Waals surface area contributed by atoms with Gasteiger partial charge in [-0.25, -0.2) is 9.19 Å². The van der Waals surface area contributed by atoms with Crippen molar-refractivity contribution in [2.75, 3.05) is 6.61 Å². The van der Waals surface area contributed by atoms with Crippen LogP contribution in [0.2, 0.25) is 0 Å². The monoisotopic (exact) mass is 376 g/mol. The van der Waals surface area contributed by atoms with Crippen molar-refractivity contribution in [3.8, 4) is 17.1 Å². The second-order valence-corrected chi connectivity index (χ2v) is 6.74. The summed E-state index contributed by atoms with van der Waals surface area (Å²) in [6.07, 6.45) is 1.57. The van der Waals surface area contributed by atoms with Crippen molar-refractivity contribution in [2.24, 2.45) is 7.05 Å². The summed E-state index contributed by atoms with van der Waals surface area (Å²) in [6, 6.07) is 4.61. The largest absolute Gasteiger partial charge is 0.493 e. The number of nitrogens with one attached hydrogen (secondary N) is 1. The molecule has 2 aromatic heterocycles. The van der Waals surface area contributed by atoms with E-state index < -0.39 is 11.1 Å². The lowest BCUT2D eigenvalue weighted by Crippen LogP contribution is -2.13. The van der Waals surface area contributed by atoms with Crippen LogP contribution in [0.5, 0.6) is 5.75 Å². The van der Waals surface area contributed by atoms with Crippen LogP contribution in [-0.4, -0.2) is 35.1 Å². The van der Waals surface area contributed by atoms with E-state index in [1.807, 2.05) is 13.8 Å². The standard InChI is InChI=1S/C17H20N4O4S/c1-4-6-12-14-15(21(3)20-12)17(22)19-16(18-14)11-9-10(26(23)24)7-8-13(11)25-5-2/h7-9H,4-6H2,1-3H3,(H,23,24)(H,18,19,22). The number of aryl methyl sites for hydroxylation is 2. The first-order valence-electron chi connectivity index (χ1n) is 8.30. The van der Waals surface area contributed by atoms with Gasteiger partial charge in [0, 0.05) is 7.05 Å². The molecule has 3 rings (SSSR count). The minimum Gasteiger partial charge on any atom is -0.493 e. The van der Waals surface area contributed by atoms with Gasteiger partial charge in [0.15, 0.2) is 16.6 Å². The van der Waals surface area contributed by atoms with E-state index in [1.165, 1.54) is 16.8 Å². The van der Waals surface area contributed by atoms with Crippen LogP contribution in [0.15, 0.2) is 27.9 Å². The number of fused-ring (bicyclic) bond motifs is 1. The number of hydrogen-bond donors (Lipinski definition) is 2. The molecule has 2 N–H and O–H groups in total. The fourth-order valence-corrected chi connectivity index (χ4v) is 3.27. The summed E-state index contributed by atoms with van der Waals surface area (Å²) < 4.78 is 27.9. The highest BCUT2D eigenvalue weighted by atomic mass is 32.2. The lowest BCUT2D eigenvalue weighted by molar-refractivity contribution is 0.341. The Kier molecular flexibility index (Phi) is 5.19. The summed E-state index contributed by atoms with van der Waals surface area (Å²) in [7, 11) is 1.71. The third-order valence-corrected chi connectivity index (χ3v) is 4.61. The molecule has 0 radical (unpaired) electrons. The number of rotatable bonds is 6. The summed E-state index contributed by atoms with van der Waals surface area (Å²) in [5, 5.41) is 4.39. The van der Waals surface area contributed by atoms with Crippen molar-refractivity contribution in [2.45, 2.75) is 31.6 Å². The number of ether oxygens (including phenoxy) is 1. The maximum absolute atomic E-state index is 12.6. The Morgan fingerprint density at radius 3 is 2.77 bits per heavy atom. The van der Waals surface area contributed by atoms with Gasteiger partial charge in [-0.1, -0.05) is 13.3 Å². The predicted molar refractivity (Wildman–Crippen MR) is 98.8 cm³/mol. The van der Waals surface area contributed by atoms with Gasteiger partial charge in [-0.3, -0.25) is 9.48 Å². The molecule has 1 aromatic carbocycles. The summed E-state index contributed by atoms with van der Waals surface area (Å²) in [6.45, 7) is 4.28. The van der Waals surface area contributed by atoms with Gasteiger partial charge in [0.25, 0.3) is 5.56 Å². The highest BCUT2D eigenvalue weighted by Crippen LogP contribution is 2.30. The Hall–Kier alpha value is -2.52. The van der Waals surface area contributed by atoms with Crippen LogP contribution in [-0.2, 0) is 24.5 Å². The van der Waals surface area contributed by atoms with Gasteiger partial charge in [-0.05, 0) is 31.5 Å². The van der Waals surface area contributed by atoms with Crippen LogP contribution in [0.1, 0.15) is 26.0 Å². The molecule has 0 saturated heterocycles. The molecule has 0 saturated carbocycles. The smallest absolute Gasteiger partial charge is 0.277 e. The molecule has 0 amide bonds. The summed E-state index contributed by atoms with van der Waals surface area (Å²) in [4.78, 5) is 20.1. The van der Waals surface area contributed by atoms with Crippen molar-refractivity contribution >= 4 is 22.1 Å². The van der Waals surface area contributed by atoms with Gasteiger partial charge in [0.1, 0.15) is 17.1 Å². The summed E-state index contributed by atoms with van der Waals surface area (Å²) in [5.41, 5.74) is 1.82. The van der Waals surface area contributed by atoms with E-state index in [1.54, 1.807) is 13.1 Å². The first-order chi connectivity index (χ1) is 12.5. The molecule has 2 heterocycles. The third kappa shape index (κ3) is 3.27. The second kappa shape index (κ2) is 7.38. The lowest BCUT2D eigenvalue weighted by Gasteiger charge is -2.11. The molecule has 0 spiro atoms. The Bertz CT molecular complexity index is 1040. The van der Waals surface area contributed by atoms with Crippen molar-refractivity contribution in [3.05, 3.63) is 34.2 Å². The molecule has 1 unspecified atom stereocenters. The molecular weight excluding hydrogens is 356 g/mol. The van der Waals surface area contributed by atoms with Gasteiger partial charge >= 0.3 is 0 Å². The molecule has 1 atom stereocenters. The highest BCUT2D eigenvalue weighted by molar-refractivity contribution is 7.79. The van der Waals surface area contributed by atoms with Gasteiger partial charge in [0.2, 0.25) is 0 Å². The lowest BCUT2D eigenvalue weighted by atomic mass is 10.1. The zero-order valence-corrected chi connectivity index (χ0v) is 15.6. The average Bonchev–Trinajstić information content (AvgIpc) is 2.92. The topological polar surface area (TPSA) is 110 Å². The predicted octanol–water partition coefficient (Wildman–Crippen LogP) is 2.26. The average molecular weight is 376 g/mol. The summed E-state index contributed by atoms with van der Waals surface area (Å²) >= 11 is -2.15. The number of aromatic amines is 1. The maximum Gasteiger partial charge on any atom is 0.277 e. The first kappa shape index (κ1) is 18.3. The molecule has 9 heteroatoms. The van der Waals surface area contributed by atoms with Crippen LogP contribution in [0, 0.1) is 0 Å². The van der Waals surface area contributed by atoms with E-state index in [2.05, 4.69) is 15.1 Å². The van der Waals surface area contributed by atoms with Crippen molar-refractivity contribution in [1.82, 2.24) is 19.7 Å². The minimum absolute atomic E-state index is 0.200. The zero-order chi connectivity index (χ0) is 18.8. The third-order valence-electron chi connectivity index (χ3n) is 3.96. The molecule has 0 aliphatic heterocycles. The number of hydrogen-bond acceptors (Lipinski definition) is 5. The Morgan fingerprint density at radius 1 is 1.35 bits per heavy atom. The highest BCUT2D eigenvalue weighted by Gasteiger charge is 2.18. The maximum atomic E-state index is 12.6. The normalized spacial score (nSPS) is 12.5. The van der Waals surface area contributed by atoms with E-state index in [4.69, 9.17) is 4.74 Å². The molecular formula is C17H20N4O4S. The molecule has 26 heavy (non-hydrogen) atoms. The van der Waals surface area contributed by atoms with E-state index >= 15 is 0 Å².